The first-order chi connectivity index (χ1) is 7.07. The standard InChI is InChI=1S/C10H14N2O2S/c1-10(4-5-10)12-9-11-7(6-15-9)2-3-8(13)14/h6H,2-5H2,1H3,(H,11,12)(H,13,14). The number of hydrogen-bond donors (Lipinski definition) is 2. The summed E-state index contributed by atoms with van der Waals surface area (Å²) in [7, 11) is 0. The van der Waals surface area contributed by atoms with Crippen LogP contribution in [-0.2, 0) is 11.2 Å². The zero-order chi connectivity index (χ0) is 10.9. The number of anilines is 1. The third kappa shape index (κ3) is 2.92. The average Bonchev–Trinajstić information content (AvgIpc) is 2.73. The molecule has 1 aromatic rings. The summed E-state index contributed by atoms with van der Waals surface area (Å²) in [5, 5.41) is 14.7. The number of nitrogens with zero attached hydrogens (tertiary/aromatic N) is 1. The maximum absolute atomic E-state index is 10.4. The van der Waals surface area contributed by atoms with Crippen LogP contribution in [0.15, 0.2) is 5.38 Å². The van der Waals surface area contributed by atoms with Gasteiger partial charge in [0, 0.05) is 17.3 Å². The second-order valence-corrected chi connectivity index (χ2v) is 5.08. The van der Waals surface area contributed by atoms with Crippen molar-refractivity contribution in [2.45, 2.75) is 38.1 Å². The number of nitrogens with one attached hydrogen (secondary N) is 1. The van der Waals surface area contributed by atoms with Gasteiger partial charge in [0.15, 0.2) is 5.13 Å². The highest BCUT2D eigenvalue weighted by atomic mass is 32.1. The molecule has 1 saturated carbocycles. The van der Waals surface area contributed by atoms with E-state index in [1.165, 1.54) is 12.8 Å². The largest absolute Gasteiger partial charge is 0.481 e. The molecule has 0 atom stereocenters. The molecule has 0 radical (unpaired) electrons. The number of rotatable bonds is 5. The Bertz CT molecular complexity index is 371. The molecule has 1 aliphatic rings. The summed E-state index contributed by atoms with van der Waals surface area (Å²) >= 11 is 1.55. The lowest BCUT2D eigenvalue weighted by Gasteiger charge is -2.08. The molecule has 1 heterocycles. The molecule has 0 bridgehead atoms. The summed E-state index contributed by atoms with van der Waals surface area (Å²) in [6, 6.07) is 0. The minimum Gasteiger partial charge on any atom is -0.481 e. The lowest BCUT2D eigenvalue weighted by Crippen LogP contribution is -2.15. The van der Waals surface area contributed by atoms with E-state index in [0.717, 1.165) is 10.8 Å². The van der Waals surface area contributed by atoms with Gasteiger partial charge in [0.05, 0.1) is 12.1 Å². The number of aromatic nitrogens is 1. The number of aryl methyl sites for hydroxylation is 1. The minimum atomic E-state index is -0.772. The molecule has 1 aromatic heterocycles. The van der Waals surface area contributed by atoms with Crippen LogP contribution in [0.1, 0.15) is 31.9 Å². The van der Waals surface area contributed by atoms with Crippen LogP contribution in [0.25, 0.3) is 0 Å². The molecule has 0 aliphatic heterocycles. The summed E-state index contributed by atoms with van der Waals surface area (Å²) in [5.41, 5.74) is 1.11. The summed E-state index contributed by atoms with van der Waals surface area (Å²) in [4.78, 5) is 14.7. The van der Waals surface area contributed by atoms with Crippen molar-refractivity contribution in [3.63, 3.8) is 0 Å². The fourth-order valence-corrected chi connectivity index (χ4v) is 2.18. The zero-order valence-electron chi connectivity index (χ0n) is 8.62. The fourth-order valence-electron chi connectivity index (χ4n) is 1.28. The number of carboxylic acids is 1. The van der Waals surface area contributed by atoms with Crippen LogP contribution >= 0.6 is 11.3 Å². The summed E-state index contributed by atoms with van der Waals surface area (Å²) < 4.78 is 0. The predicted octanol–water partition coefficient (Wildman–Crippen LogP) is 2.12. The lowest BCUT2D eigenvalue weighted by molar-refractivity contribution is -0.136. The molecule has 2 rings (SSSR count). The predicted molar refractivity (Wildman–Crippen MR) is 59.3 cm³/mol. The molecule has 4 nitrogen and oxygen atoms in total. The second kappa shape index (κ2) is 3.81. The molecular formula is C10H14N2O2S. The van der Waals surface area contributed by atoms with Gasteiger partial charge in [0.2, 0.25) is 0 Å². The number of carbonyl (C=O) groups is 1. The third-order valence-corrected chi connectivity index (χ3v) is 3.36. The van der Waals surface area contributed by atoms with Crippen molar-refractivity contribution >= 4 is 22.4 Å². The van der Waals surface area contributed by atoms with E-state index in [9.17, 15) is 4.79 Å². The van der Waals surface area contributed by atoms with Crippen molar-refractivity contribution in [3.05, 3.63) is 11.1 Å². The maximum Gasteiger partial charge on any atom is 0.303 e. The topological polar surface area (TPSA) is 62.2 Å². The smallest absolute Gasteiger partial charge is 0.303 e. The van der Waals surface area contributed by atoms with E-state index >= 15 is 0 Å². The van der Waals surface area contributed by atoms with Gasteiger partial charge in [-0.15, -0.1) is 11.3 Å². The molecule has 15 heavy (non-hydrogen) atoms. The average molecular weight is 226 g/mol. The van der Waals surface area contributed by atoms with E-state index in [-0.39, 0.29) is 12.0 Å². The first-order valence-corrected chi connectivity index (χ1v) is 5.90. The van der Waals surface area contributed by atoms with E-state index in [1.807, 2.05) is 5.38 Å². The molecule has 0 spiro atoms. The third-order valence-electron chi connectivity index (χ3n) is 2.56. The fraction of sp³-hybridized carbons (Fsp3) is 0.600. The van der Waals surface area contributed by atoms with E-state index in [1.54, 1.807) is 11.3 Å². The maximum atomic E-state index is 10.4. The lowest BCUT2D eigenvalue weighted by atomic mass is 10.2. The van der Waals surface area contributed by atoms with E-state index in [0.29, 0.717) is 6.42 Å². The van der Waals surface area contributed by atoms with Crippen LogP contribution < -0.4 is 5.32 Å². The molecule has 5 heteroatoms. The molecule has 82 valence electrons. The van der Waals surface area contributed by atoms with Crippen LogP contribution in [0.5, 0.6) is 0 Å². The van der Waals surface area contributed by atoms with E-state index in [2.05, 4.69) is 17.2 Å². The molecule has 0 aromatic carbocycles. The summed E-state index contributed by atoms with van der Waals surface area (Å²) in [6.07, 6.45) is 3.05. The van der Waals surface area contributed by atoms with Gasteiger partial charge in [-0.1, -0.05) is 0 Å². The Hall–Kier alpha value is -1.10. The SMILES string of the molecule is CC1(Nc2nc(CCC(=O)O)cs2)CC1. The number of thiazole rings is 1. The van der Waals surface area contributed by atoms with Gasteiger partial charge < -0.3 is 10.4 Å². The Balaban J connectivity index is 1.89. The highest BCUT2D eigenvalue weighted by Crippen LogP contribution is 2.38. The monoisotopic (exact) mass is 226 g/mol. The van der Waals surface area contributed by atoms with Gasteiger partial charge in [0.1, 0.15) is 0 Å². The molecular weight excluding hydrogens is 212 g/mol. The van der Waals surface area contributed by atoms with E-state index in [4.69, 9.17) is 5.11 Å². The summed E-state index contributed by atoms with van der Waals surface area (Å²) in [5.74, 6) is -0.772. The number of aliphatic carboxylic acids is 1. The first-order valence-electron chi connectivity index (χ1n) is 5.02. The van der Waals surface area contributed by atoms with Crippen molar-refractivity contribution in [3.8, 4) is 0 Å². The molecule has 1 fully saturated rings. The van der Waals surface area contributed by atoms with Gasteiger partial charge in [-0.05, 0) is 19.8 Å². The van der Waals surface area contributed by atoms with Crippen LogP contribution in [0.3, 0.4) is 0 Å². The van der Waals surface area contributed by atoms with Gasteiger partial charge >= 0.3 is 5.97 Å². The molecule has 2 N–H and O–H groups in total. The number of carboxylic acid groups (broad SMARTS) is 1. The second-order valence-electron chi connectivity index (χ2n) is 4.22. The Morgan fingerprint density at radius 3 is 3.07 bits per heavy atom. The van der Waals surface area contributed by atoms with Crippen molar-refractivity contribution in [1.29, 1.82) is 0 Å². The Kier molecular flexibility index (Phi) is 2.65. The quantitative estimate of drug-likeness (QED) is 0.807. The van der Waals surface area contributed by atoms with Crippen LogP contribution in [-0.4, -0.2) is 21.6 Å². The Labute approximate surface area is 92.3 Å². The molecule has 1 aliphatic carbocycles. The van der Waals surface area contributed by atoms with E-state index < -0.39 is 5.97 Å². The summed E-state index contributed by atoms with van der Waals surface area (Å²) in [6.45, 7) is 2.17. The molecule has 0 saturated heterocycles. The number of hydrogen-bond acceptors (Lipinski definition) is 4. The van der Waals surface area contributed by atoms with Gasteiger partial charge in [-0.3, -0.25) is 4.79 Å². The Morgan fingerprint density at radius 1 is 1.73 bits per heavy atom. The van der Waals surface area contributed by atoms with Crippen molar-refractivity contribution in [2.24, 2.45) is 0 Å². The van der Waals surface area contributed by atoms with Gasteiger partial charge in [0.25, 0.3) is 0 Å². The van der Waals surface area contributed by atoms with Crippen LogP contribution in [0.4, 0.5) is 5.13 Å². The van der Waals surface area contributed by atoms with Crippen molar-refractivity contribution < 1.29 is 9.90 Å². The van der Waals surface area contributed by atoms with Gasteiger partial charge in [-0.25, -0.2) is 4.98 Å². The van der Waals surface area contributed by atoms with Crippen LogP contribution in [0.2, 0.25) is 0 Å². The minimum absolute atomic E-state index is 0.153. The molecule has 0 unspecified atom stereocenters. The zero-order valence-corrected chi connectivity index (χ0v) is 9.43. The Morgan fingerprint density at radius 2 is 2.47 bits per heavy atom. The first kappa shape index (κ1) is 10.4. The highest BCUT2D eigenvalue weighted by molar-refractivity contribution is 7.13. The molecule has 0 amide bonds. The highest BCUT2D eigenvalue weighted by Gasteiger charge is 2.37. The van der Waals surface area contributed by atoms with Gasteiger partial charge in [-0.2, -0.15) is 0 Å². The van der Waals surface area contributed by atoms with Crippen molar-refractivity contribution in [1.82, 2.24) is 4.98 Å². The van der Waals surface area contributed by atoms with Crippen LogP contribution in [0, 0.1) is 0 Å². The van der Waals surface area contributed by atoms with Crippen molar-refractivity contribution in [2.75, 3.05) is 5.32 Å². The normalized spacial score (nSPS) is 17.4.